The molecule has 1 heteroatoms. The third kappa shape index (κ3) is 8.09. The summed E-state index contributed by atoms with van der Waals surface area (Å²) >= 11 is 0. The zero-order valence-corrected chi connectivity index (χ0v) is 7.06. The van der Waals surface area contributed by atoms with E-state index >= 15 is 0 Å². The van der Waals surface area contributed by atoms with E-state index in [9.17, 15) is 4.79 Å². The Labute approximate surface area is 72.9 Å². The maximum absolute atomic E-state index is 10.4. The number of ketones is 1. The lowest BCUT2D eigenvalue weighted by Gasteiger charge is -1.69. The highest BCUT2D eigenvalue weighted by Gasteiger charge is 1.75. The van der Waals surface area contributed by atoms with E-state index in [0.29, 0.717) is 0 Å². The standard InChI is InChI=1S/C11H8O/c1-3-4-5-6-7-8-9-10-11(2)12/h9-10H,1-2H3/b10-9-. The summed E-state index contributed by atoms with van der Waals surface area (Å²) in [6.07, 6.45) is 2.86. The summed E-state index contributed by atoms with van der Waals surface area (Å²) in [5.74, 6) is 15.3. The van der Waals surface area contributed by atoms with E-state index in [1.807, 2.05) is 0 Å². The predicted molar refractivity (Wildman–Crippen MR) is 48.8 cm³/mol. The first-order chi connectivity index (χ1) is 5.77. The van der Waals surface area contributed by atoms with Crippen LogP contribution < -0.4 is 0 Å². The molecule has 0 atom stereocenters. The van der Waals surface area contributed by atoms with Crippen LogP contribution >= 0.6 is 0 Å². The Balaban J connectivity index is 3.99. The van der Waals surface area contributed by atoms with E-state index in [1.165, 1.54) is 19.1 Å². The fourth-order valence-electron chi connectivity index (χ4n) is 0.362. The molecule has 58 valence electrons. The lowest BCUT2D eigenvalue weighted by atomic mass is 10.4. The lowest BCUT2D eigenvalue weighted by Crippen LogP contribution is -1.77. The largest absolute Gasteiger partial charge is 0.295 e. The van der Waals surface area contributed by atoms with Crippen molar-refractivity contribution in [3.63, 3.8) is 0 Å². The number of carbonyl (C=O) groups excluding carboxylic acids is 1. The van der Waals surface area contributed by atoms with Crippen LogP contribution in [0.4, 0.5) is 0 Å². The zero-order chi connectivity index (χ0) is 9.23. The van der Waals surface area contributed by atoms with Gasteiger partial charge in [0.1, 0.15) is 0 Å². The molecule has 0 radical (unpaired) electrons. The average Bonchev–Trinajstić information content (AvgIpc) is 2.02. The van der Waals surface area contributed by atoms with Crippen molar-refractivity contribution in [3.8, 4) is 35.5 Å². The van der Waals surface area contributed by atoms with Gasteiger partial charge in [-0.25, -0.2) is 0 Å². The van der Waals surface area contributed by atoms with Crippen LogP contribution in [0.15, 0.2) is 12.2 Å². The van der Waals surface area contributed by atoms with E-state index in [-0.39, 0.29) is 5.78 Å². The van der Waals surface area contributed by atoms with Gasteiger partial charge in [-0.1, -0.05) is 11.8 Å². The molecule has 0 amide bonds. The zero-order valence-electron chi connectivity index (χ0n) is 7.06. The monoisotopic (exact) mass is 156 g/mol. The highest BCUT2D eigenvalue weighted by molar-refractivity contribution is 5.87. The molecule has 0 saturated heterocycles. The third-order valence-corrected chi connectivity index (χ3v) is 0.786. The van der Waals surface area contributed by atoms with Gasteiger partial charge in [0.15, 0.2) is 5.78 Å². The number of hydrogen-bond donors (Lipinski definition) is 0. The minimum Gasteiger partial charge on any atom is -0.295 e. The van der Waals surface area contributed by atoms with Gasteiger partial charge in [-0.05, 0) is 49.7 Å². The van der Waals surface area contributed by atoms with E-state index in [1.54, 1.807) is 6.92 Å². The van der Waals surface area contributed by atoms with Gasteiger partial charge in [-0.15, -0.1) is 0 Å². The van der Waals surface area contributed by atoms with Gasteiger partial charge < -0.3 is 0 Å². The maximum Gasteiger partial charge on any atom is 0.153 e. The summed E-state index contributed by atoms with van der Waals surface area (Å²) in [6.45, 7) is 3.17. The third-order valence-electron chi connectivity index (χ3n) is 0.786. The van der Waals surface area contributed by atoms with E-state index in [0.717, 1.165) is 0 Å². The summed E-state index contributed by atoms with van der Waals surface area (Å²) in [4.78, 5) is 10.4. The van der Waals surface area contributed by atoms with Gasteiger partial charge in [0.2, 0.25) is 0 Å². The molecular formula is C11H8O. The van der Waals surface area contributed by atoms with Crippen LogP contribution in [0, 0.1) is 35.5 Å². The van der Waals surface area contributed by atoms with Gasteiger partial charge >= 0.3 is 0 Å². The Kier molecular flexibility index (Phi) is 6.05. The fourth-order valence-corrected chi connectivity index (χ4v) is 0.362. The van der Waals surface area contributed by atoms with Crippen molar-refractivity contribution in [3.05, 3.63) is 12.2 Å². The molecule has 0 N–H and O–H groups in total. The van der Waals surface area contributed by atoms with Crippen molar-refractivity contribution >= 4 is 5.78 Å². The molecule has 0 fully saturated rings. The maximum atomic E-state index is 10.4. The highest BCUT2D eigenvalue weighted by Crippen LogP contribution is 1.71. The SMILES string of the molecule is CC#CC#CC#C/C=C\C(C)=O. The Bertz CT molecular complexity index is 353. The normalized spacial score (nSPS) is 6.83. The summed E-state index contributed by atoms with van der Waals surface area (Å²) in [5, 5.41) is 0. The number of rotatable bonds is 1. The molecule has 0 bridgehead atoms. The van der Waals surface area contributed by atoms with Crippen molar-refractivity contribution in [2.24, 2.45) is 0 Å². The van der Waals surface area contributed by atoms with E-state index in [2.05, 4.69) is 35.5 Å². The van der Waals surface area contributed by atoms with Crippen molar-refractivity contribution < 1.29 is 4.79 Å². The first-order valence-electron chi connectivity index (χ1n) is 3.36. The second kappa shape index (κ2) is 7.20. The molecule has 0 unspecified atom stereocenters. The van der Waals surface area contributed by atoms with Crippen molar-refractivity contribution in [1.82, 2.24) is 0 Å². The Morgan fingerprint density at radius 1 is 1.17 bits per heavy atom. The summed E-state index contributed by atoms with van der Waals surface area (Å²) in [6, 6.07) is 0. The first kappa shape index (κ1) is 10.1. The summed E-state index contributed by atoms with van der Waals surface area (Å²) in [5.41, 5.74) is 0. The fraction of sp³-hybridized carbons (Fsp3) is 0.182. The molecule has 1 nitrogen and oxygen atoms in total. The molecule has 0 saturated carbocycles. The van der Waals surface area contributed by atoms with Crippen LogP contribution in [0.1, 0.15) is 13.8 Å². The molecule has 0 aliphatic carbocycles. The molecule has 0 heterocycles. The van der Waals surface area contributed by atoms with Gasteiger partial charge in [-0.2, -0.15) is 0 Å². The van der Waals surface area contributed by atoms with E-state index < -0.39 is 0 Å². The van der Waals surface area contributed by atoms with Crippen LogP contribution in [0.3, 0.4) is 0 Å². The molecule has 0 aliphatic rings. The topological polar surface area (TPSA) is 17.1 Å². The van der Waals surface area contributed by atoms with Gasteiger partial charge in [0.05, 0.1) is 0 Å². The average molecular weight is 156 g/mol. The van der Waals surface area contributed by atoms with Crippen LogP contribution in [-0.2, 0) is 4.79 Å². The Morgan fingerprint density at radius 2 is 1.83 bits per heavy atom. The molecule has 0 spiro atoms. The number of hydrogen-bond acceptors (Lipinski definition) is 1. The molecule has 0 aromatic heterocycles. The molecule has 0 rings (SSSR count). The Hall–Kier alpha value is -1.91. The summed E-state index contributed by atoms with van der Waals surface area (Å²) in [7, 11) is 0. The second-order valence-corrected chi connectivity index (χ2v) is 1.84. The smallest absolute Gasteiger partial charge is 0.153 e. The van der Waals surface area contributed by atoms with Crippen LogP contribution in [0.5, 0.6) is 0 Å². The van der Waals surface area contributed by atoms with Gasteiger partial charge in [0.25, 0.3) is 0 Å². The predicted octanol–water partition coefficient (Wildman–Crippen LogP) is 1.16. The number of allylic oxidation sites excluding steroid dienone is 2. The molecule has 0 aliphatic heterocycles. The minimum absolute atomic E-state index is 0.0226. The van der Waals surface area contributed by atoms with Crippen LogP contribution in [-0.4, -0.2) is 5.78 Å². The molecular weight excluding hydrogens is 148 g/mol. The first-order valence-corrected chi connectivity index (χ1v) is 3.36. The van der Waals surface area contributed by atoms with E-state index in [4.69, 9.17) is 0 Å². The van der Waals surface area contributed by atoms with Gasteiger partial charge in [-0.3, -0.25) is 4.79 Å². The molecule has 0 aromatic carbocycles. The van der Waals surface area contributed by atoms with Crippen molar-refractivity contribution in [1.29, 1.82) is 0 Å². The van der Waals surface area contributed by atoms with Crippen LogP contribution in [0.2, 0.25) is 0 Å². The van der Waals surface area contributed by atoms with Crippen molar-refractivity contribution in [2.75, 3.05) is 0 Å². The molecule has 12 heavy (non-hydrogen) atoms. The highest BCUT2D eigenvalue weighted by atomic mass is 16.1. The minimum atomic E-state index is -0.0226. The lowest BCUT2D eigenvalue weighted by molar-refractivity contribution is -0.112. The number of carbonyl (C=O) groups is 1. The second-order valence-electron chi connectivity index (χ2n) is 1.84. The Morgan fingerprint density at radius 3 is 2.42 bits per heavy atom. The summed E-state index contributed by atoms with van der Waals surface area (Å²) < 4.78 is 0. The van der Waals surface area contributed by atoms with Crippen LogP contribution in [0.25, 0.3) is 0 Å². The quantitative estimate of drug-likeness (QED) is 0.411. The van der Waals surface area contributed by atoms with Gasteiger partial charge in [0, 0.05) is 0 Å². The molecule has 0 aromatic rings. The van der Waals surface area contributed by atoms with Crippen molar-refractivity contribution in [2.45, 2.75) is 13.8 Å².